The van der Waals surface area contributed by atoms with Crippen molar-refractivity contribution in [3.05, 3.63) is 10.4 Å². The molecule has 0 fully saturated rings. The van der Waals surface area contributed by atoms with E-state index in [9.17, 15) is 9.59 Å². The largest absolute Gasteiger partial charge is 0.465 e. The molecule has 0 spiro atoms. The lowest BCUT2D eigenvalue weighted by Gasteiger charge is -2.15. The van der Waals surface area contributed by atoms with Crippen LogP contribution < -0.4 is 11.1 Å². The first-order valence-corrected chi connectivity index (χ1v) is 7.61. The molecule has 112 valence electrons. The minimum Gasteiger partial charge on any atom is -0.465 e. The molecule has 1 aromatic rings. The van der Waals surface area contributed by atoms with Gasteiger partial charge in [-0.25, -0.2) is 4.79 Å². The molecule has 0 saturated carbocycles. The second-order valence-electron chi connectivity index (χ2n) is 4.48. The molecular formula is C14H22N2O3S. The fourth-order valence-electron chi connectivity index (χ4n) is 1.90. The Bertz CT molecular complexity index is 493. The number of methoxy groups -OCH3 is 1. The number of nitrogens with two attached hydrogens (primary N) is 1. The van der Waals surface area contributed by atoms with Crippen molar-refractivity contribution in [1.82, 2.24) is 0 Å². The second-order valence-corrected chi connectivity index (χ2v) is 5.50. The number of carbonyl (C=O) groups excluding carboxylic acids is 2. The van der Waals surface area contributed by atoms with Gasteiger partial charge in [-0.2, -0.15) is 0 Å². The first-order chi connectivity index (χ1) is 9.49. The second kappa shape index (κ2) is 7.28. The van der Waals surface area contributed by atoms with Crippen molar-refractivity contribution in [3.8, 4) is 0 Å². The lowest BCUT2D eigenvalue weighted by Crippen LogP contribution is -2.18. The summed E-state index contributed by atoms with van der Waals surface area (Å²) < 4.78 is 4.77. The summed E-state index contributed by atoms with van der Waals surface area (Å²) in [5.74, 6) is -0.572. The van der Waals surface area contributed by atoms with E-state index in [1.54, 1.807) is 6.92 Å². The number of nitrogen functional groups attached to an aromatic ring is 1. The molecule has 0 amide bonds. The third-order valence-electron chi connectivity index (χ3n) is 3.23. The van der Waals surface area contributed by atoms with Crippen molar-refractivity contribution in [2.45, 2.75) is 46.1 Å². The average molecular weight is 298 g/mol. The van der Waals surface area contributed by atoms with Gasteiger partial charge in [0.05, 0.1) is 17.7 Å². The van der Waals surface area contributed by atoms with Gasteiger partial charge in [-0.05, 0) is 12.8 Å². The van der Waals surface area contributed by atoms with Gasteiger partial charge in [0.25, 0.3) is 0 Å². The molecule has 0 aliphatic rings. The molecule has 1 rings (SSSR count). The molecule has 1 heterocycles. The Morgan fingerprint density at radius 2 is 1.90 bits per heavy atom. The topological polar surface area (TPSA) is 81.4 Å². The van der Waals surface area contributed by atoms with E-state index in [0.717, 1.165) is 12.8 Å². The van der Waals surface area contributed by atoms with Crippen molar-refractivity contribution >= 4 is 33.8 Å². The smallest absolute Gasteiger partial charge is 0.343 e. The van der Waals surface area contributed by atoms with Crippen molar-refractivity contribution in [2.75, 3.05) is 18.2 Å². The summed E-state index contributed by atoms with van der Waals surface area (Å²) in [6.07, 6.45) is 2.20. The van der Waals surface area contributed by atoms with Gasteiger partial charge in [0, 0.05) is 12.5 Å². The van der Waals surface area contributed by atoms with E-state index >= 15 is 0 Å². The number of Topliss-reactive ketones (excluding diaryl/α,β-unsaturated/α-hetero) is 1. The number of esters is 1. The zero-order chi connectivity index (χ0) is 15.3. The van der Waals surface area contributed by atoms with Gasteiger partial charge < -0.3 is 15.8 Å². The van der Waals surface area contributed by atoms with Crippen LogP contribution in [-0.2, 0) is 4.74 Å². The van der Waals surface area contributed by atoms with Gasteiger partial charge in [0.1, 0.15) is 10.6 Å². The van der Waals surface area contributed by atoms with Gasteiger partial charge >= 0.3 is 5.97 Å². The quantitative estimate of drug-likeness (QED) is 0.596. The molecule has 0 aliphatic heterocycles. The third-order valence-corrected chi connectivity index (χ3v) is 4.41. The van der Waals surface area contributed by atoms with Crippen LogP contribution in [0.25, 0.3) is 0 Å². The van der Waals surface area contributed by atoms with E-state index < -0.39 is 5.97 Å². The number of ketones is 1. The van der Waals surface area contributed by atoms with Gasteiger partial charge in [-0.1, -0.05) is 20.8 Å². The molecule has 1 aromatic heterocycles. The number of thiophene rings is 1. The van der Waals surface area contributed by atoms with Crippen molar-refractivity contribution < 1.29 is 14.3 Å². The predicted molar refractivity (Wildman–Crippen MR) is 82.7 cm³/mol. The Morgan fingerprint density at radius 1 is 1.30 bits per heavy atom. The van der Waals surface area contributed by atoms with Crippen LogP contribution in [0.5, 0.6) is 0 Å². The van der Waals surface area contributed by atoms with E-state index in [0.29, 0.717) is 16.3 Å². The van der Waals surface area contributed by atoms with Crippen LogP contribution in [0.4, 0.5) is 10.7 Å². The van der Waals surface area contributed by atoms with Crippen LogP contribution in [0.2, 0.25) is 0 Å². The number of rotatable bonds is 7. The van der Waals surface area contributed by atoms with Gasteiger partial charge in [-0.3, -0.25) is 4.79 Å². The summed E-state index contributed by atoms with van der Waals surface area (Å²) in [5, 5.41) is 3.91. The number of hydrogen-bond donors (Lipinski definition) is 2. The molecule has 0 bridgehead atoms. The molecule has 3 N–H and O–H groups in total. The maximum absolute atomic E-state index is 11.9. The highest BCUT2D eigenvalue weighted by Gasteiger charge is 2.26. The van der Waals surface area contributed by atoms with Crippen LogP contribution in [0, 0.1) is 0 Å². The molecular weight excluding hydrogens is 276 g/mol. The predicted octanol–water partition coefficient (Wildman–Crippen LogP) is 3.31. The summed E-state index contributed by atoms with van der Waals surface area (Å²) in [6.45, 7) is 5.90. The Labute approximate surface area is 123 Å². The summed E-state index contributed by atoms with van der Waals surface area (Å²) in [4.78, 5) is 24.2. The molecule has 20 heavy (non-hydrogen) atoms. The van der Waals surface area contributed by atoms with E-state index in [2.05, 4.69) is 19.2 Å². The molecule has 0 atom stereocenters. The van der Waals surface area contributed by atoms with Gasteiger partial charge in [0.2, 0.25) is 0 Å². The number of carbonyl (C=O) groups is 2. The Morgan fingerprint density at radius 3 is 2.35 bits per heavy atom. The maximum Gasteiger partial charge on any atom is 0.343 e. The third kappa shape index (κ3) is 3.30. The first-order valence-electron chi connectivity index (χ1n) is 6.80. The fraction of sp³-hybridized carbons (Fsp3) is 0.571. The minimum absolute atomic E-state index is 0.0600. The first kappa shape index (κ1) is 16.5. The molecule has 0 aromatic carbocycles. The highest BCUT2D eigenvalue weighted by atomic mass is 32.1. The molecule has 0 unspecified atom stereocenters. The highest BCUT2D eigenvalue weighted by molar-refractivity contribution is 7.19. The minimum atomic E-state index is -0.512. The highest BCUT2D eigenvalue weighted by Crippen LogP contribution is 2.37. The normalized spacial score (nSPS) is 10.7. The monoisotopic (exact) mass is 298 g/mol. The van der Waals surface area contributed by atoms with Crippen LogP contribution in [-0.4, -0.2) is 24.9 Å². The number of hydrogen-bond acceptors (Lipinski definition) is 6. The lowest BCUT2D eigenvalue weighted by atomic mass is 10.1. The van der Waals surface area contributed by atoms with E-state index in [-0.39, 0.29) is 23.1 Å². The Balaban J connectivity index is 3.26. The fourth-order valence-corrected chi connectivity index (χ4v) is 3.09. The van der Waals surface area contributed by atoms with Crippen LogP contribution >= 0.6 is 11.3 Å². The molecule has 5 nitrogen and oxygen atoms in total. The van der Waals surface area contributed by atoms with Gasteiger partial charge in [0.15, 0.2) is 5.78 Å². The molecule has 0 saturated heterocycles. The maximum atomic E-state index is 11.9. The standard InChI is InChI=1S/C14H22N2O3S/c1-5-8(6-2)16-13-10(14(18)19-4)11(15)12(20-13)9(17)7-3/h8,16H,5-7,15H2,1-4H3. The summed E-state index contributed by atoms with van der Waals surface area (Å²) in [7, 11) is 1.31. The number of anilines is 2. The molecule has 6 heteroatoms. The van der Waals surface area contributed by atoms with Crippen LogP contribution in [0.3, 0.4) is 0 Å². The summed E-state index contributed by atoms with van der Waals surface area (Å²) >= 11 is 1.24. The van der Waals surface area contributed by atoms with E-state index in [4.69, 9.17) is 10.5 Å². The summed E-state index contributed by atoms with van der Waals surface area (Å²) in [6, 6.07) is 0.237. The Kier molecular flexibility index (Phi) is 6.01. The number of nitrogens with one attached hydrogen (secondary N) is 1. The SMILES string of the molecule is CCC(=O)c1sc(NC(CC)CC)c(C(=O)OC)c1N. The van der Waals surface area contributed by atoms with Gasteiger partial charge in [-0.15, -0.1) is 11.3 Å². The van der Waals surface area contributed by atoms with E-state index in [1.807, 2.05) is 0 Å². The van der Waals surface area contributed by atoms with Crippen molar-refractivity contribution in [2.24, 2.45) is 0 Å². The Hall–Kier alpha value is -1.56. The van der Waals surface area contributed by atoms with Crippen molar-refractivity contribution in [1.29, 1.82) is 0 Å². The van der Waals surface area contributed by atoms with Crippen molar-refractivity contribution in [3.63, 3.8) is 0 Å². The average Bonchev–Trinajstić information content (AvgIpc) is 2.79. The summed E-state index contributed by atoms with van der Waals surface area (Å²) in [5.41, 5.74) is 6.47. The van der Waals surface area contributed by atoms with E-state index in [1.165, 1.54) is 18.4 Å². The molecule has 0 radical (unpaired) electrons. The molecule has 0 aliphatic carbocycles. The zero-order valence-corrected chi connectivity index (χ0v) is 13.2. The lowest BCUT2D eigenvalue weighted by molar-refractivity contribution is 0.0603. The zero-order valence-electron chi connectivity index (χ0n) is 12.4. The number of ether oxygens (including phenoxy) is 1. The van der Waals surface area contributed by atoms with Crippen LogP contribution in [0.1, 0.15) is 60.1 Å². The van der Waals surface area contributed by atoms with Crippen LogP contribution in [0.15, 0.2) is 0 Å².